The Hall–Kier alpha value is -3.30. The molecule has 162 valence electrons. The van der Waals surface area contributed by atoms with Crippen LogP contribution >= 0.6 is 0 Å². The quantitative estimate of drug-likeness (QED) is 0.590. The Morgan fingerprint density at radius 3 is 2.45 bits per heavy atom. The number of hydrogen-bond acceptors (Lipinski definition) is 9. The van der Waals surface area contributed by atoms with Crippen molar-refractivity contribution in [1.29, 1.82) is 0 Å². The molecule has 10 nitrogen and oxygen atoms in total. The number of rotatable bonds is 6. The largest absolute Gasteiger partial charge is 0.442 e. The monoisotopic (exact) mass is 423 g/mol. The Morgan fingerprint density at radius 2 is 1.87 bits per heavy atom. The van der Waals surface area contributed by atoms with Crippen LogP contribution in [-0.2, 0) is 0 Å². The summed E-state index contributed by atoms with van der Waals surface area (Å²) in [5, 5.41) is 4.06. The lowest BCUT2D eigenvalue weighted by molar-refractivity contribution is 0.0623. The van der Waals surface area contributed by atoms with Gasteiger partial charge in [0.05, 0.1) is 18.6 Å². The number of aromatic nitrogens is 5. The van der Waals surface area contributed by atoms with Gasteiger partial charge in [-0.15, -0.1) is 0 Å². The molecular weight excluding hydrogens is 398 g/mol. The fourth-order valence-corrected chi connectivity index (χ4v) is 3.95. The molecule has 0 aromatic carbocycles. The van der Waals surface area contributed by atoms with E-state index in [1.165, 1.54) is 12.6 Å². The maximum atomic E-state index is 13.3. The lowest BCUT2D eigenvalue weighted by Crippen LogP contribution is -2.48. The maximum Gasteiger partial charge on any atom is 0.324 e. The summed E-state index contributed by atoms with van der Waals surface area (Å²) in [5.74, 6) is 1.42. The highest BCUT2D eigenvalue weighted by Gasteiger charge is 2.40. The van der Waals surface area contributed by atoms with E-state index in [-0.39, 0.29) is 23.9 Å². The fraction of sp³-hybridized carbons (Fsp3) is 0.524. The summed E-state index contributed by atoms with van der Waals surface area (Å²) in [6.45, 7) is 5.63. The molecule has 10 heteroatoms. The summed E-state index contributed by atoms with van der Waals surface area (Å²) in [5.41, 5.74) is 0.914. The highest BCUT2D eigenvalue weighted by atomic mass is 16.5. The zero-order valence-corrected chi connectivity index (χ0v) is 17.6. The molecule has 0 unspecified atom stereocenters. The molecule has 1 amide bonds. The van der Waals surface area contributed by atoms with Crippen LogP contribution in [-0.4, -0.2) is 61.1 Å². The molecule has 2 fully saturated rings. The smallest absolute Gasteiger partial charge is 0.324 e. The maximum absolute atomic E-state index is 13.3. The fourth-order valence-electron chi connectivity index (χ4n) is 3.95. The van der Waals surface area contributed by atoms with Gasteiger partial charge in [-0.25, -0.2) is 15.0 Å². The van der Waals surface area contributed by atoms with Crippen LogP contribution in [0.15, 0.2) is 33.9 Å². The van der Waals surface area contributed by atoms with Crippen LogP contribution in [0, 0.1) is 0 Å². The second-order valence-electron chi connectivity index (χ2n) is 8.40. The van der Waals surface area contributed by atoms with Crippen molar-refractivity contribution in [3.8, 4) is 11.5 Å². The highest BCUT2D eigenvalue weighted by molar-refractivity contribution is 5.92. The van der Waals surface area contributed by atoms with Gasteiger partial charge in [-0.3, -0.25) is 4.79 Å². The van der Waals surface area contributed by atoms with Crippen molar-refractivity contribution in [2.24, 2.45) is 0 Å². The minimum atomic E-state index is -0.0579. The van der Waals surface area contributed by atoms with Crippen molar-refractivity contribution in [3.63, 3.8) is 0 Å². The Labute approximate surface area is 179 Å². The van der Waals surface area contributed by atoms with Crippen molar-refractivity contribution in [2.75, 3.05) is 18.0 Å². The topological polar surface area (TPSA) is 114 Å². The van der Waals surface area contributed by atoms with Gasteiger partial charge in [-0.05, 0) is 25.7 Å². The Balaban J connectivity index is 1.26. The lowest BCUT2D eigenvalue weighted by atomic mass is 10.0. The van der Waals surface area contributed by atoms with E-state index in [1.54, 1.807) is 12.4 Å². The van der Waals surface area contributed by atoms with Gasteiger partial charge >= 0.3 is 6.01 Å². The summed E-state index contributed by atoms with van der Waals surface area (Å²) in [6, 6.07) is 1.02. The van der Waals surface area contributed by atoms with Crippen molar-refractivity contribution in [3.05, 3.63) is 36.5 Å². The third kappa shape index (κ3) is 4.01. The molecular formula is C21H25N7O3. The molecule has 0 spiro atoms. The molecule has 1 saturated heterocycles. The highest BCUT2D eigenvalue weighted by Crippen LogP contribution is 2.34. The summed E-state index contributed by atoms with van der Waals surface area (Å²) < 4.78 is 10.7. The minimum Gasteiger partial charge on any atom is -0.442 e. The van der Waals surface area contributed by atoms with Crippen molar-refractivity contribution in [1.82, 2.24) is 30.0 Å². The van der Waals surface area contributed by atoms with E-state index in [1.807, 2.05) is 18.7 Å². The van der Waals surface area contributed by atoms with Crippen molar-refractivity contribution in [2.45, 2.75) is 57.5 Å². The molecule has 2 aliphatic rings. The number of carbonyl (C=O) groups excluding carboxylic acids is 1. The molecule has 3 aromatic rings. The van der Waals surface area contributed by atoms with Gasteiger partial charge in [0.1, 0.15) is 11.4 Å². The third-order valence-electron chi connectivity index (χ3n) is 5.81. The number of nitrogens with zero attached hydrogens (tertiary/aromatic N) is 7. The number of anilines is 1. The second kappa shape index (κ2) is 8.09. The molecule has 0 radical (unpaired) electrons. The summed E-state index contributed by atoms with van der Waals surface area (Å²) in [7, 11) is 0. The van der Waals surface area contributed by atoms with Gasteiger partial charge in [0.15, 0.2) is 18.0 Å². The van der Waals surface area contributed by atoms with Gasteiger partial charge in [0.2, 0.25) is 0 Å². The Morgan fingerprint density at radius 1 is 1.10 bits per heavy atom. The Bertz CT molecular complexity index is 1020. The van der Waals surface area contributed by atoms with Crippen molar-refractivity contribution >= 4 is 11.9 Å². The van der Waals surface area contributed by atoms with Gasteiger partial charge < -0.3 is 18.7 Å². The van der Waals surface area contributed by atoms with E-state index in [0.717, 1.165) is 44.6 Å². The van der Waals surface area contributed by atoms with Gasteiger partial charge in [0.25, 0.3) is 5.91 Å². The summed E-state index contributed by atoms with van der Waals surface area (Å²) in [6.07, 6.45) is 9.78. The summed E-state index contributed by atoms with van der Waals surface area (Å²) >= 11 is 0. The molecule has 1 aliphatic carbocycles. The zero-order valence-electron chi connectivity index (χ0n) is 17.6. The van der Waals surface area contributed by atoms with E-state index >= 15 is 0 Å². The first kappa shape index (κ1) is 19.7. The first-order valence-electron chi connectivity index (χ1n) is 10.7. The molecule has 1 saturated carbocycles. The van der Waals surface area contributed by atoms with Gasteiger partial charge in [0, 0.05) is 31.1 Å². The van der Waals surface area contributed by atoms with Crippen molar-refractivity contribution < 1.29 is 13.7 Å². The van der Waals surface area contributed by atoms with Crippen LogP contribution < -0.4 is 4.90 Å². The SMILES string of the molecule is CC(C)c1noc(N2CCC(N(C(=O)c3cnc(-c4cnco4)cn3)C3CC3)CC2)n1. The van der Waals surface area contributed by atoms with Crippen LogP contribution in [0.3, 0.4) is 0 Å². The zero-order chi connectivity index (χ0) is 21.4. The van der Waals surface area contributed by atoms with E-state index in [0.29, 0.717) is 23.2 Å². The second-order valence-corrected chi connectivity index (χ2v) is 8.40. The predicted octanol–water partition coefficient (Wildman–Crippen LogP) is 2.91. The molecule has 1 aliphatic heterocycles. The van der Waals surface area contributed by atoms with E-state index in [9.17, 15) is 4.79 Å². The third-order valence-corrected chi connectivity index (χ3v) is 5.81. The van der Waals surface area contributed by atoms with E-state index < -0.39 is 0 Å². The van der Waals surface area contributed by atoms with Crippen LogP contribution in [0.5, 0.6) is 0 Å². The molecule has 3 aromatic heterocycles. The van der Waals surface area contributed by atoms with E-state index in [2.05, 4.69) is 30.0 Å². The molecule has 0 atom stereocenters. The van der Waals surface area contributed by atoms with Gasteiger partial charge in [-0.1, -0.05) is 19.0 Å². The number of carbonyl (C=O) groups is 1. The normalized spacial score (nSPS) is 17.3. The predicted molar refractivity (Wildman–Crippen MR) is 110 cm³/mol. The summed E-state index contributed by atoms with van der Waals surface area (Å²) in [4.78, 5) is 34.5. The lowest BCUT2D eigenvalue weighted by Gasteiger charge is -2.38. The van der Waals surface area contributed by atoms with Crippen LogP contribution in [0.2, 0.25) is 0 Å². The van der Waals surface area contributed by atoms with Gasteiger partial charge in [-0.2, -0.15) is 4.98 Å². The first-order chi connectivity index (χ1) is 15.1. The van der Waals surface area contributed by atoms with Crippen LogP contribution in [0.1, 0.15) is 61.8 Å². The minimum absolute atomic E-state index is 0.0579. The van der Waals surface area contributed by atoms with E-state index in [4.69, 9.17) is 8.94 Å². The molecule has 0 bridgehead atoms. The number of piperidine rings is 1. The molecule has 4 heterocycles. The average molecular weight is 423 g/mol. The number of oxazole rings is 1. The van der Waals surface area contributed by atoms with Crippen LogP contribution in [0.4, 0.5) is 6.01 Å². The number of amides is 1. The van der Waals surface area contributed by atoms with Crippen LogP contribution in [0.25, 0.3) is 11.5 Å². The standard InChI is InChI=1S/C21H25N7O3/c1-13(2)19-25-21(31-26-19)27-7-5-15(6-8-27)28(14-3-4-14)20(29)17-10-23-16(9-24-17)18-11-22-12-30-18/h9-15H,3-8H2,1-2H3. The first-order valence-corrected chi connectivity index (χ1v) is 10.7. The Kier molecular flexibility index (Phi) is 5.13. The average Bonchev–Trinajstić information content (AvgIpc) is 3.27. The molecule has 31 heavy (non-hydrogen) atoms. The molecule has 0 N–H and O–H groups in total. The number of hydrogen-bond donors (Lipinski definition) is 0. The molecule has 5 rings (SSSR count).